The predicted octanol–water partition coefficient (Wildman–Crippen LogP) is -2.16. The highest BCUT2D eigenvalue weighted by Gasteiger charge is 2.43. The zero-order valence-electron chi connectivity index (χ0n) is 9.18. The third-order valence-corrected chi connectivity index (χ3v) is 4.87. The lowest BCUT2D eigenvalue weighted by Crippen LogP contribution is -2.65. The summed E-state index contributed by atoms with van der Waals surface area (Å²) in [5.41, 5.74) is -0.0770. The summed E-state index contributed by atoms with van der Waals surface area (Å²) >= 11 is 0. The van der Waals surface area contributed by atoms with Gasteiger partial charge in [-0.05, 0) is 12.8 Å². The van der Waals surface area contributed by atoms with Gasteiger partial charge >= 0.3 is 0 Å². The monoisotopic (exact) mass is 267 g/mol. The van der Waals surface area contributed by atoms with Gasteiger partial charge in [-0.15, -0.1) is 0 Å². The molecule has 100 valence electrons. The van der Waals surface area contributed by atoms with Gasteiger partial charge in [0.15, 0.2) is 8.38 Å². The Bertz CT molecular complexity index is 270. The summed E-state index contributed by atoms with van der Waals surface area (Å²) in [5.74, 6) is 0. The first-order chi connectivity index (χ1) is 8.00. The minimum absolute atomic E-state index is 0.0770. The third-order valence-electron chi connectivity index (χ3n) is 3.33. The lowest BCUT2D eigenvalue weighted by Gasteiger charge is -2.40. The molecule has 0 bridgehead atoms. The first-order valence-corrected chi connectivity index (χ1v) is 6.88. The van der Waals surface area contributed by atoms with Gasteiger partial charge in [-0.2, -0.15) is 0 Å². The van der Waals surface area contributed by atoms with E-state index in [-0.39, 0.29) is 5.66 Å². The van der Waals surface area contributed by atoms with Gasteiger partial charge in [-0.3, -0.25) is 5.32 Å². The van der Waals surface area contributed by atoms with Crippen molar-refractivity contribution < 1.29 is 29.8 Å². The van der Waals surface area contributed by atoms with Crippen molar-refractivity contribution in [3.63, 3.8) is 0 Å². The standard InChI is InChI=1S/C9H18NO6P/c11-6-5(3-4-1-2-16-17(4)15)10-9(14)8(13)7(6)12/h4-15H,1-3H2/t4?,5?,6-,7?,8?,9-,17?/m1/s1. The van der Waals surface area contributed by atoms with Crippen LogP contribution in [0.15, 0.2) is 0 Å². The number of aliphatic hydroxyl groups excluding tert-OH is 4. The van der Waals surface area contributed by atoms with Gasteiger partial charge in [-0.1, -0.05) is 0 Å². The molecule has 7 nitrogen and oxygen atoms in total. The lowest BCUT2D eigenvalue weighted by molar-refractivity contribution is -0.157. The van der Waals surface area contributed by atoms with Gasteiger partial charge < -0.3 is 29.8 Å². The van der Waals surface area contributed by atoms with Crippen molar-refractivity contribution in [1.82, 2.24) is 5.32 Å². The smallest absolute Gasteiger partial charge is 0.171 e. The number of hydrogen-bond acceptors (Lipinski definition) is 7. The summed E-state index contributed by atoms with van der Waals surface area (Å²) in [4.78, 5) is 9.55. The molecule has 0 aromatic carbocycles. The Hall–Kier alpha value is 0.150. The second kappa shape index (κ2) is 5.42. The van der Waals surface area contributed by atoms with Crippen molar-refractivity contribution >= 4 is 8.38 Å². The number of hydrogen-bond donors (Lipinski definition) is 6. The molecule has 0 saturated carbocycles. The van der Waals surface area contributed by atoms with Crippen molar-refractivity contribution in [2.75, 3.05) is 6.61 Å². The molecule has 2 aliphatic rings. The normalized spacial score (nSPS) is 51.7. The van der Waals surface area contributed by atoms with Crippen LogP contribution in [0.5, 0.6) is 0 Å². The molecular formula is C9H18NO6P. The van der Waals surface area contributed by atoms with Crippen molar-refractivity contribution in [2.45, 2.75) is 49.1 Å². The van der Waals surface area contributed by atoms with E-state index in [1.807, 2.05) is 0 Å². The number of aliphatic hydroxyl groups is 4. The quantitative estimate of drug-likeness (QED) is 0.315. The molecule has 6 N–H and O–H groups in total. The minimum atomic E-state index is -1.49. The lowest BCUT2D eigenvalue weighted by atomic mass is 9.91. The summed E-state index contributed by atoms with van der Waals surface area (Å²) in [6.45, 7) is 0.490. The van der Waals surface area contributed by atoms with Crippen LogP contribution in [-0.2, 0) is 4.52 Å². The SMILES string of the molecule is OC1C(O)[C@@H](O)NC(CC2CCOP2O)[C@H]1O. The first kappa shape index (κ1) is 13.6. The van der Waals surface area contributed by atoms with Gasteiger partial charge in [-0.25, -0.2) is 0 Å². The van der Waals surface area contributed by atoms with Crippen molar-refractivity contribution in [3.05, 3.63) is 0 Å². The van der Waals surface area contributed by atoms with Gasteiger partial charge in [0.2, 0.25) is 0 Å². The molecule has 0 aliphatic carbocycles. The van der Waals surface area contributed by atoms with Crippen LogP contribution < -0.4 is 5.32 Å². The van der Waals surface area contributed by atoms with Gasteiger partial charge in [0.25, 0.3) is 0 Å². The third kappa shape index (κ3) is 2.77. The van der Waals surface area contributed by atoms with Crippen LogP contribution in [0.3, 0.4) is 0 Å². The molecule has 2 heterocycles. The van der Waals surface area contributed by atoms with Crippen molar-refractivity contribution in [2.24, 2.45) is 0 Å². The largest absolute Gasteiger partial charge is 0.389 e. The Morgan fingerprint density at radius 1 is 1.12 bits per heavy atom. The van der Waals surface area contributed by atoms with E-state index in [9.17, 15) is 25.3 Å². The van der Waals surface area contributed by atoms with Crippen LogP contribution in [-0.4, -0.2) is 68.2 Å². The summed E-state index contributed by atoms with van der Waals surface area (Å²) in [6, 6.07) is -0.563. The van der Waals surface area contributed by atoms with Crippen molar-refractivity contribution in [1.29, 1.82) is 0 Å². The summed E-state index contributed by atoms with van der Waals surface area (Å²) in [7, 11) is -1.49. The minimum Gasteiger partial charge on any atom is -0.389 e. The maximum atomic E-state index is 9.77. The van der Waals surface area contributed by atoms with E-state index in [1.54, 1.807) is 0 Å². The molecule has 2 saturated heterocycles. The van der Waals surface area contributed by atoms with E-state index >= 15 is 0 Å². The van der Waals surface area contributed by atoms with Crippen LogP contribution in [0.4, 0.5) is 0 Å². The molecule has 7 atom stereocenters. The molecule has 2 rings (SSSR count). The average Bonchev–Trinajstić information content (AvgIpc) is 2.69. The molecule has 2 aliphatic heterocycles. The second-order valence-electron chi connectivity index (χ2n) is 4.50. The Labute approximate surface area is 100.0 Å². The van der Waals surface area contributed by atoms with Crippen LogP contribution in [0, 0.1) is 0 Å². The van der Waals surface area contributed by atoms with E-state index in [4.69, 9.17) is 4.52 Å². The van der Waals surface area contributed by atoms with E-state index in [2.05, 4.69) is 5.32 Å². The molecule has 2 fully saturated rings. The second-order valence-corrected chi connectivity index (χ2v) is 6.10. The van der Waals surface area contributed by atoms with Gasteiger partial charge in [0.1, 0.15) is 18.4 Å². The Balaban J connectivity index is 1.96. The zero-order valence-corrected chi connectivity index (χ0v) is 10.1. The molecule has 0 spiro atoms. The van der Waals surface area contributed by atoms with Gasteiger partial charge in [0.05, 0.1) is 12.7 Å². The highest BCUT2D eigenvalue weighted by atomic mass is 31.2. The molecule has 0 aromatic rings. The Morgan fingerprint density at radius 3 is 2.41 bits per heavy atom. The first-order valence-electron chi connectivity index (χ1n) is 5.60. The number of rotatable bonds is 2. The summed E-state index contributed by atoms with van der Waals surface area (Å²) in [5, 5.41) is 40.8. The topological polar surface area (TPSA) is 122 Å². The zero-order chi connectivity index (χ0) is 12.6. The summed E-state index contributed by atoms with van der Waals surface area (Å²) in [6.07, 6.45) is -4.14. The Morgan fingerprint density at radius 2 is 1.82 bits per heavy atom. The molecule has 17 heavy (non-hydrogen) atoms. The van der Waals surface area contributed by atoms with Crippen molar-refractivity contribution in [3.8, 4) is 0 Å². The van der Waals surface area contributed by atoms with Crippen LogP contribution in [0.1, 0.15) is 12.8 Å². The predicted molar refractivity (Wildman–Crippen MR) is 59.1 cm³/mol. The molecule has 0 amide bonds. The molecule has 5 unspecified atom stereocenters. The average molecular weight is 267 g/mol. The molecule has 8 heteroatoms. The highest BCUT2D eigenvalue weighted by Crippen LogP contribution is 2.47. The van der Waals surface area contributed by atoms with Crippen LogP contribution in [0.25, 0.3) is 0 Å². The van der Waals surface area contributed by atoms with E-state index in [1.165, 1.54) is 0 Å². The summed E-state index contributed by atoms with van der Waals surface area (Å²) < 4.78 is 5.05. The van der Waals surface area contributed by atoms with Crippen LogP contribution >= 0.6 is 8.38 Å². The molecule has 0 aromatic heterocycles. The highest BCUT2D eigenvalue weighted by molar-refractivity contribution is 7.47. The van der Waals surface area contributed by atoms with E-state index in [0.29, 0.717) is 19.4 Å². The fourth-order valence-corrected chi connectivity index (χ4v) is 3.49. The number of nitrogens with one attached hydrogen (secondary N) is 1. The van der Waals surface area contributed by atoms with E-state index in [0.717, 1.165) is 0 Å². The Kier molecular flexibility index (Phi) is 4.33. The number of piperidine rings is 1. The fourth-order valence-electron chi connectivity index (χ4n) is 2.25. The maximum Gasteiger partial charge on any atom is 0.171 e. The molecule has 0 radical (unpaired) electrons. The fraction of sp³-hybridized carbons (Fsp3) is 1.00. The maximum absolute atomic E-state index is 9.77. The van der Waals surface area contributed by atoms with E-state index < -0.39 is 39.0 Å². The molecular weight excluding hydrogens is 249 g/mol. The van der Waals surface area contributed by atoms with Gasteiger partial charge in [0, 0.05) is 11.7 Å². The van der Waals surface area contributed by atoms with Crippen LogP contribution in [0.2, 0.25) is 0 Å².